The summed E-state index contributed by atoms with van der Waals surface area (Å²) in [6.07, 6.45) is 6.10. The van der Waals surface area contributed by atoms with Crippen molar-refractivity contribution >= 4 is 34.2 Å². The second-order valence-electron chi connectivity index (χ2n) is 7.37. The zero-order valence-electron chi connectivity index (χ0n) is 15.3. The van der Waals surface area contributed by atoms with Crippen molar-refractivity contribution in [3.63, 3.8) is 0 Å². The summed E-state index contributed by atoms with van der Waals surface area (Å²) in [5.41, 5.74) is 3.01. The van der Waals surface area contributed by atoms with E-state index < -0.39 is 0 Å². The van der Waals surface area contributed by atoms with E-state index in [1.165, 1.54) is 10.4 Å². The highest BCUT2D eigenvalue weighted by atomic mass is 32.1. The molecule has 0 radical (unpaired) electrons. The number of carbonyl (C=O) groups excluding carboxylic acids is 1. The van der Waals surface area contributed by atoms with Crippen LogP contribution in [0.25, 0.3) is 11.2 Å². The van der Waals surface area contributed by atoms with E-state index in [-0.39, 0.29) is 5.92 Å². The van der Waals surface area contributed by atoms with Crippen molar-refractivity contribution in [2.75, 3.05) is 24.5 Å². The SMILES string of the molecule is Cn1cnc2c(N3CCC(C(=O)N4CCc5sccc5C4)CC3)ncnc21. The highest BCUT2D eigenvalue weighted by molar-refractivity contribution is 7.10. The quantitative estimate of drug-likeness (QED) is 0.680. The van der Waals surface area contributed by atoms with Crippen molar-refractivity contribution in [1.82, 2.24) is 24.4 Å². The molecule has 1 fully saturated rings. The fourth-order valence-electron chi connectivity index (χ4n) is 4.20. The Morgan fingerprint density at radius 3 is 2.89 bits per heavy atom. The van der Waals surface area contributed by atoms with Crippen molar-refractivity contribution in [3.8, 4) is 0 Å². The molecule has 7 nitrogen and oxygen atoms in total. The summed E-state index contributed by atoms with van der Waals surface area (Å²) in [6.45, 7) is 3.29. The molecule has 5 rings (SSSR count). The van der Waals surface area contributed by atoms with E-state index in [0.717, 1.165) is 62.4 Å². The Morgan fingerprint density at radius 1 is 1.19 bits per heavy atom. The molecular formula is C19H22N6OS. The summed E-state index contributed by atoms with van der Waals surface area (Å²) in [5, 5.41) is 2.14. The molecule has 3 aromatic rings. The predicted octanol–water partition coefficient (Wildman–Crippen LogP) is 2.23. The largest absolute Gasteiger partial charge is 0.355 e. The van der Waals surface area contributed by atoms with Crippen LogP contribution in [0, 0.1) is 5.92 Å². The van der Waals surface area contributed by atoms with Gasteiger partial charge in [0, 0.05) is 44.0 Å². The Morgan fingerprint density at radius 2 is 2.04 bits per heavy atom. The Kier molecular flexibility index (Phi) is 4.07. The average Bonchev–Trinajstić information content (AvgIpc) is 3.33. The molecule has 5 heterocycles. The maximum atomic E-state index is 13.0. The van der Waals surface area contributed by atoms with Gasteiger partial charge in [-0.3, -0.25) is 4.79 Å². The van der Waals surface area contributed by atoms with Crippen LogP contribution in [0.5, 0.6) is 0 Å². The van der Waals surface area contributed by atoms with Gasteiger partial charge >= 0.3 is 0 Å². The number of piperidine rings is 1. The lowest BCUT2D eigenvalue weighted by Gasteiger charge is -2.36. The van der Waals surface area contributed by atoms with Crippen molar-refractivity contribution in [1.29, 1.82) is 0 Å². The Balaban J connectivity index is 1.27. The van der Waals surface area contributed by atoms with E-state index in [1.54, 1.807) is 12.7 Å². The van der Waals surface area contributed by atoms with Crippen LogP contribution in [0.15, 0.2) is 24.1 Å². The van der Waals surface area contributed by atoms with Crippen LogP contribution in [0.1, 0.15) is 23.3 Å². The number of amides is 1. The minimum atomic E-state index is 0.113. The predicted molar refractivity (Wildman–Crippen MR) is 105 cm³/mol. The van der Waals surface area contributed by atoms with E-state index in [1.807, 2.05) is 23.0 Å². The molecule has 2 aliphatic heterocycles. The molecule has 1 amide bonds. The van der Waals surface area contributed by atoms with E-state index in [9.17, 15) is 4.79 Å². The molecule has 2 aliphatic rings. The lowest BCUT2D eigenvalue weighted by Crippen LogP contribution is -2.44. The maximum absolute atomic E-state index is 13.0. The smallest absolute Gasteiger partial charge is 0.226 e. The molecule has 27 heavy (non-hydrogen) atoms. The number of hydrogen-bond acceptors (Lipinski definition) is 6. The first-order valence-electron chi connectivity index (χ1n) is 9.41. The zero-order valence-corrected chi connectivity index (χ0v) is 16.2. The van der Waals surface area contributed by atoms with E-state index >= 15 is 0 Å². The van der Waals surface area contributed by atoms with Gasteiger partial charge in [0.05, 0.1) is 6.33 Å². The summed E-state index contributed by atoms with van der Waals surface area (Å²) in [4.78, 5) is 32.0. The van der Waals surface area contributed by atoms with Gasteiger partial charge in [0.15, 0.2) is 17.0 Å². The number of imidazole rings is 1. The van der Waals surface area contributed by atoms with Gasteiger partial charge in [-0.2, -0.15) is 0 Å². The lowest BCUT2D eigenvalue weighted by atomic mass is 9.94. The number of hydrogen-bond donors (Lipinski definition) is 0. The van der Waals surface area contributed by atoms with E-state index in [2.05, 4.69) is 36.2 Å². The van der Waals surface area contributed by atoms with Crippen LogP contribution >= 0.6 is 11.3 Å². The standard InChI is InChI=1S/C19H22N6OS/c1-23-12-22-16-17(23)20-11-21-18(16)24-6-2-13(3-7-24)19(26)25-8-4-15-14(10-25)5-9-27-15/h5,9,11-13H,2-4,6-8,10H2,1H3. The number of aromatic nitrogens is 4. The van der Waals surface area contributed by atoms with E-state index in [0.29, 0.717) is 5.91 Å². The fourth-order valence-corrected chi connectivity index (χ4v) is 5.09. The number of aryl methyl sites for hydroxylation is 1. The number of nitrogens with zero attached hydrogens (tertiary/aromatic N) is 6. The van der Waals surface area contributed by atoms with Crippen LogP contribution < -0.4 is 4.90 Å². The maximum Gasteiger partial charge on any atom is 0.226 e. The van der Waals surface area contributed by atoms with E-state index in [4.69, 9.17) is 0 Å². The first-order chi connectivity index (χ1) is 13.2. The topological polar surface area (TPSA) is 67.2 Å². The van der Waals surface area contributed by atoms with Crippen molar-refractivity contribution in [2.45, 2.75) is 25.8 Å². The summed E-state index contributed by atoms with van der Waals surface area (Å²) in [6, 6.07) is 2.16. The molecule has 0 spiro atoms. The molecule has 3 aromatic heterocycles. The first kappa shape index (κ1) is 16.7. The van der Waals surface area contributed by atoms with Crippen molar-refractivity contribution in [3.05, 3.63) is 34.5 Å². The molecule has 8 heteroatoms. The molecular weight excluding hydrogens is 360 g/mol. The summed E-state index contributed by atoms with van der Waals surface area (Å²) >= 11 is 1.81. The van der Waals surface area contributed by atoms with Gasteiger partial charge in [0.25, 0.3) is 0 Å². The van der Waals surface area contributed by atoms with Crippen LogP contribution in [0.4, 0.5) is 5.82 Å². The third kappa shape index (κ3) is 2.88. The average molecular weight is 382 g/mol. The van der Waals surface area contributed by atoms with Gasteiger partial charge in [0.1, 0.15) is 6.33 Å². The van der Waals surface area contributed by atoms with Gasteiger partial charge < -0.3 is 14.4 Å². The second-order valence-corrected chi connectivity index (χ2v) is 8.37. The second kappa shape index (κ2) is 6.60. The molecule has 0 bridgehead atoms. The zero-order chi connectivity index (χ0) is 18.4. The lowest BCUT2D eigenvalue weighted by molar-refractivity contribution is -0.137. The number of fused-ring (bicyclic) bond motifs is 2. The Labute approximate surface area is 161 Å². The van der Waals surface area contributed by atoms with Crippen LogP contribution in [0.2, 0.25) is 0 Å². The first-order valence-corrected chi connectivity index (χ1v) is 10.3. The number of anilines is 1. The van der Waals surface area contributed by atoms with Gasteiger partial charge in [0.2, 0.25) is 5.91 Å². The minimum Gasteiger partial charge on any atom is -0.355 e. The Bertz CT molecular complexity index is 987. The molecule has 0 saturated carbocycles. The summed E-state index contributed by atoms with van der Waals surface area (Å²) in [7, 11) is 1.94. The molecule has 1 saturated heterocycles. The van der Waals surface area contributed by atoms with Gasteiger partial charge in [-0.1, -0.05) is 0 Å². The molecule has 140 valence electrons. The van der Waals surface area contributed by atoms with Gasteiger partial charge in [-0.15, -0.1) is 11.3 Å². The highest BCUT2D eigenvalue weighted by Gasteiger charge is 2.31. The highest BCUT2D eigenvalue weighted by Crippen LogP contribution is 2.29. The molecule has 0 N–H and O–H groups in total. The number of carbonyl (C=O) groups is 1. The van der Waals surface area contributed by atoms with Crippen molar-refractivity contribution < 1.29 is 4.79 Å². The molecule has 0 unspecified atom stereocenters. The minimum absolute atomic E-state index is 0.113. The number of thiophene rings is 1. The van der Waals surface area contributed by atoms with Crippen LogP contribution in [-0.2, 0) is 24.8 Å². The van der Waals surface area contributed by atoms with Gasteiger partial charge in [-0.25, -0.2) is 15.0 Å². The third-order valence-corrected chi connectivity index (χ3v) is 6.76. The number of rotatable bonds is 2. The molecule has 0 aliphatic carbocycles. The molecule has 0 atom stereocenters. The van der Waals surface area contributed by atoms with Crippen molar-refractivity contribution in [2.24, 2.45) is 13.0 Å². The monoisotopic (exact) mass is 382 g/mol. The Hall–Kier alpha value is -2.48. The summed E-state index contributed by atoms with van der Waals surface area (Å²) in [5.74, 6) is 1.31. The normalized spacial score (nSPS) is 18.1. The third-order valence-electron chi connectivity index (χ3n) is 5.74. The van der Waals surface area contributed by atoms with Gasteiger partial charge in [-0.05, 0) is 36.3 Å². The molecule has 0 aromatic carbocycles. The fraction of sp³-hybridized carbons (Fsp3) is 0.474. The van der Waals surface area contributed by atoms with Crippen LogP contribution in [0.3, 0.4) is 0 Å². The van der Waals surface area contributed by atoms with Crippen LogP contribution in [-0.4, -0.2) is 50.0 Å². The summed E-state index contributed by atoms with van der Waals surface area (Å²) < 4.78 is 1.91.